The van der Waals surface area contributed by atoms with Crippen LogP contribution in [0.25, 0.3) is 54.9 Å². The molecule has 0 bridgehead atoms. The predicted octanol–water partition coefficient (Wildman–Crippen LogP) is 9.27. The summed E-state index contributed by atoms with van der Waals surface area (Å²) in [4.78, 5) is 16.8. The first kappa shape index (κ1) is 29.8. The van der Waals surface area contributed by atoms with Crippen molar-refractivity contribution in [3.05, 3.63) is 198 Å². The van der Waals surface area contributed by atoms with Crippen LogP contribution in [0.2, 0.25) is 0 Å². The number of nitrogens with zero attached hydrogens (tertiary/aromatic N) is 6. The molecule has 1 unspecified atom stereocenters. The van der Waals surface area contributed by atoms with Gasteiger partial charge in [-0.2, -0.15) is 0 Å². The monoisotopic (exact) mass is 716 g/mol. The van der Waals surface area contributed by atoms with E-state index in [0.29, 0.717) is 0 Å². The van der Waals surface area contributed by atoms with Crippen molar-refractivity contribution < 1.29 is 9.14 Å². The second kappa shape index (κ2) is 10.8. The van der Waals surface area contributed by atoms with E-state index in [1.54, 1.807) is 0 Å². The Labute approximate surface area is 320 Å². The highest BCUT2D eigenvalue weighted by Gasteiger charge is 2.59. The lowest BCUT2D eigenvalue weighted by atomic mass is 9.75. The molecule has 13 rings (SSSR count). The first-order valence-electron chi connectivity index (χ1n) is 19.0. The van der Waals surface area contributed by atoms with Crippen molar-refractivity contribution in [1.29, 1.82) is 0 Å². The fraction of sp³-hybridized carbons (Fsp3) is 0. The molecule has 0 amide bonds. The third-order valence-corrected chi connectivity index (χ3v) is 11.9. The zero-order chi connectivity index (χ0) is 36.5. The van der Waals surface area contributed by atoms with E-state index in [4.69, 9.17) is 19.6 Å². The first-order chi connectivity index (χ1) is 27.7. The number of fused-ring (bicyclic) bond motifs is 9. The van der Waals surface area contributed by atoms with Gasteiger partial charge in [0.25, 0.3) is 0 Å². The van der Waals surface area contributed by atoms with Crippen LogP contribution in [0.15, 0.2) is 191 Å². The molecule has 0 N–H and O–H groups in total. The molecular formula is C48H29BN6O. The van der Waals surface area contributed by atoms with Gasteiger partial charge in [0.2, 0.25) is 11.7 Å². The van der Waals surface area contributed by atoms with E-state index < -0.39 is 6.75 Å². The Morgan fingerprint density at radius 3 is 1.61 bits per heavy atom. The van der Waals surface area contributed by atoms with Gasteiger partial charge in [0.1, 0.15) is 11.3 Å². The van der Waals surface area contributed by atoms with Crippen LogP contribution in [0.5, 0.6) is 5.75 Å². The molecule has 7 nitrogen and oxygen atoms in total. The molecular weight excluding hydrogens is 687 g/mol. The van der Waals surface area contributed by atoms with E-state index in [9.17, 15) is 0 Å². The van der Waals surface area contributed by atoms with Crippen molar-refractivity contribution >= 4 is 51.6 Å². The van der Waals surface area contributed by atoms with E-state index in [1.165, 1.54) is 0 Å². The SMILES string of the molecule is c1ccc(O[B-]23n4c5c6ccc(-c7ccccc7)cc6c4N=c4c6ccc(-c7ccccc7)cc6c(n42)=NC2=[N+]3C(=N5)c3cc(-c4ccccc4)ccc32)cc1. The normalized spacial score (nSPS) is 16.6. The van der Waals surface area contributed by atoms with E-state index in [2.05, 4.69) is 159 Å². The molecule has 4 aliphatic heterocycles. The molecule has 2 aromatic heterocycles. The summed E-state index contributed by atoms with van der Waals surface area (Å²) >= 11 is 0. The average Bonchev–Trinajstić information content (AvgIpc) is 3.89. The van der Waals surface area contributed by atoms with Crippen molar-refractivity contribution in [2.45, 2.75) is 0 Å². The number of para-hydroxylation sites is 1. The molecule has 0 radical (unpaired) electrons. The lowest BCUT2D eigenvalue weighted by Crippen LogP contribution is -2.75. The maximum Gasteiger partial charge on any atom is 0.568 e. The predicted molar refractivity (Wildman–Crippen MR) is 223 cm³/mol. The van der Waals surface area contributed by atoms with Crippen molar-refractivity contribution in [2.24, 2.45) is 15.0 Å². The van der Waals surface area contributed by atoms with E-state index >= 15 is 0 Å². The van der Waals surface area contributed by atoms with Gasteiger partial charge in [0.15, 0.2) is 11.3 Å². The molecule has 0 fully saturated rings. The molecule has 4 aliphatic rings. The summed E-state index contributed by atoms with van der Waals surface area (Å²) < 4.78 is 14.4. The Bertz CT molecular complexity index is 3370. The van der Waals surface area contributed by atoms with Crippen molar-refractivity contribution in [3.8, 4) is 39.1 Å². The standard InChI is InChI=1S/C48H29BN6O/c1-5-13-30(14-6-1)33-21-24-37-40(27-33)46-50-44-38-25-22-34(31-15-7-2-8-16-31)28-41(38)48-52-45-39-26-23-35(32-17-9-3-10-18-32)29-42(39)47-51-43(37)53(46)49(54(44)48,55(45)47)56-36-19-11-4-12-20-36/h1-29H. The Hall–Kier alpha value is -7.58. The molecule has 1 atom stereocenters. The minimum absolute atomic E-state index is 0.747. The van der Waals surface area contributed by atoms with Gasteiger partial charge in [-0.05, 0) is 81.9 Å². The van der Waals surface area contributed by atoms with Crippen LogP contribution in [-0.4, -0.2) is 31.9 Å². The summed E-state index contributed by atoms with van der Waals surface area (Å²) in [6, 6.07) is 61.7. The fourth-order valence-electron chi connectivity index (χ4n) is 9.41. The number of aliphatic imine (C=N–C) groups is 1. The Balaban J connectivity index is 1.21. The Morgan fingerprint density at radius 2 is 0.946 bits per heavy atom. The van der Waals surface area contributed by atoms with Crippen LogP contribution in [0, 0.1) is 0 Å². The van der Waals surface area contributed by atoms with Gasteiger partial charge < -0.3 is 18.1 Å². The van der Waals surface area contributed by atoms with Gasteiger partial charge in [-0.25, -0.2) is 4.99 Å². The van der Waals surface area contributed by atoms with Crippen LogP contribution >= 0.6 is 0 Å². The molecule has 0 aliphatic carbocycles. The highest BCUT2D eigenvalue weighted by molar-refractivity contribution is 6.69. The number of aromatic nitrogens is 2. The minimum atomic E-state index is -2.37. The van der Waals surface area contributed by atoms with Crippen LogP contribution in [0.4, 0.5) is 11.6 Å². The summed E-state index contributed by atoms with van der Waals surface area (Å²) in [6.07, 6.45) is 0. The second-order valence-corrected chi connectivity index (χ2v) is 14.9. The fourth-order valence-corrected chi connectivity index (χ4v) is 9.41. The average molecular weight is 717 g/mol. The third kappa shape index (κ3) is 3.82. The van der Waals surface area contributed by atoms with Crippen LogP contribution in [0.1, 0.15) is 11.1 Å². The Morgan fingerprint density at radius 1 is 0.411 bits per heavy atom. The molecule has 56 heavy (non-hydrogen) atoms. The van der Waals surface area contributed by atoms with Crippen molar-refractivity contribution in [2.75, 3.05) is 0 Å². The molecule has 7 aromatic carbocycles. The largest absolute Gasteiger partial charge is 0.648 e. The summed E-state index contributed by atoms with van der Waals surface area (Å²) in [6.45, 7) is -2.37. The van der Waals surface area contributed by atoms with E-state index in [0.717, 1.165) is 106 Å². The number of hydrogen-bond acceptors (Lipinski definition) is 4. The Kier molecular flexibility index (Phi) is 5.74. The molecule has 6 heterocycles. The highest BCUT2D eigenvalue weighted by Crippen LogP contribution is 2.48. The summed E-state index contributed by atoms with van der Waals surface area (Å²) in [7, 11) is 0. The number of benzene rings is 7. The third-order valence-electron chi connectivity index (χ3n) is 11.9. The topological polar surface area (TPSA) is 59.2 Å². The lowest BCUT2D eigenvalue weighted by Gasteiger charge is -2.47. The number of rotatable bonds is 5. The van der Waals surface area contributed by atoms with Gasteiger partial charge in [-0.1, -0.05) is 137 Å². The van der Waals surface area contributed by atoms with Gasteiger partial charge in [-0.15, -0.1) is 0 Å². The zero-order valence-electron chi connectivity index (χ0n) is 29.9. The minimum Gasteiger partial charge on any atom is -0.648 e. The van der Waals surface area contributed by atoms with E-state index in [-0.39, 0.29) is 0 Å². The van der Waals surface area contributed by atoms with Crippen LogP contribution in [0.3, 0.4) is 0 Å². The maximum absolute atomic E-state index is 7.63. The molecule has 8 heteroatoms. The second-order valence-electron chi connectivity index (χ2n) is 14.9. The molecule has 9 aromatic rings. The van der Waals surface area contributed by atoms with Crippen molar-refractivity contribution in [1.82, 2.24) is 8.96 Å². The summed E-state index contributed by atoms with van der Waals surface area (Å²) in [5.74, 6) is 4.02. The quantitative estimate of drug-likeness (QED) is 0.164. The van der Waals surface area contributed by atoms with Crippen molar-refractivity contribution in [3.63, 3.8) is 0 Å². The number of hydrogen-bond donors (Lipinski definition) is 0. The van der Waals surface area contributed by atoms with Crippen LogP contribution < -0.4 is 15.6 Å². The smallest absolute Gasteiger partial charge is 0.568 e. The summed E-state index contributed by atoms with van der Waals surface area (Å²) in [5, 5.41) is 4.09. The highest BCUT2D eigenvalue weighted by atomic mass is 16.5. The zero-order valence-corrected chi connectivity index (χ0v) is 29.9. The molecule has 0 spiro atoms. The molecule has 260 valence electrons. The summed E-state index contributed by atoms with van der Waals surface area (Å²) in [5.41, 5.74) is 10.5. The lowest BCUT2D eigenvalue weighted by molar-refractivity contribution is -0.291. The maximum atomic E-state index is 7.63. The van der Waals surface area contributed by atoms with Gasteiger partial charge in [0, 0.05) is 21.5 Å². The molecule has 0 saturated heterocycles. The molecule has 0 saturated carbocycles. The van der Waals surface area contributed by atoms with E-state index in [1.807, 2.05) is 30.3 Å². The number of amidine groups is 2. The van der Waals surface area contributed by atoms with Gasteiger partial charge in [0.05, 0.1) is 16.9 Å². The van der Waals surface area contributed by atoms with Gasteiger partial charge >= 0.3 is 6.75 Å². The van der Waals surface area contributed by atoms with Gasteiger partial charge in [-0.3, -0.25) is 0 Å². The first-order valence-corrected chi connectivity index (χ1v) is 19.0. The van der Waals surface area contributed by atoms with Crippen LogP contribution in [-0.2, 0) is 0 Å².